The maximum atomic E-state index is 12.9. The molecule has 1 atom stereocenters. The smallest absolute Gasteiger partial charge is 0.336 e. The van der Waals surface area contributed by atoms with Gasteiger partial charge in [0.05, 0.1) is 55.9 Å². The zero-order valence-electron chi connectivity index (χ0n) is 16.4. The Hall–Kier alpha value is -2.84. The number of carbonyl (C=O) groups excluding carboxylic acids is 2. The molecular formula is C20H23ClN2O6. The number of benzene rings is 1. The summed E-state index contributed by atoms with van der Waals surface area (Å²) in [6.07, 6.45) is 1.17. The van der Waals surface area contributed by atoms with Gasteiger partial charge in [-0.15, -0.1) is 0 Å². The number of carbonyl (C=O) groups is 2. The van der Waals surface area contributed by atoms with Crippen LogP contribution in [0.2, 0.25) is 5.02 Å². The number of dihydropyridines is 1. The first-order chi connectivity index (χ1) is 14.0. The first-order valence-corrected chi connectivity index (χ1v) is 9.28. The van der Waals surface area contributed by atoms with Gasteiger partial charge in [0.15, 0.2) is 0 Å². The first-order valence-electron chi connectivity index (χ1n) is 8.90. The van der Waals surface area contributed by atoms with Crippen molar-refractivity contribution in [1.82, 2.24) is 5.32 Å². The van der Waals surface area contributed by atoms with E-state index in [0.29, 0.717) is 22.0 Å². The van der Waals surface area contributed by atoms with Crippen LogP contribution in [0.5, 0.6) is 0 Å². The van der Waals surface area contributed by atoms with Gasteiger partial charge >= 0.3 is 11.9 Å². The molecule has 156 valence electrons. The highest BCUT2D eigenvalue weighted by Gasteiger charge is 2.39. The lowest BCUT2D eigenvalue weighted by Gasteiger charge is -2.31. The van der Waals surface area contributed by atoms with Crippen LogP contribution in [0.1, 0.15) is 25.3 Å². The molecule has 2 N–H and O–H groups in total. The Kier molecular flexibility index (Phi) is 8.23. The van der Waals surface area contributed by atoms with Crippen LogP contribution in [0, 0.1) is 0 Å². The van der Waals surface area contributed by atoms with Crippen molar-refractivity contribution < 1.29 is 29.0 Å². The van der Waals surface area contributed by atoms with Crippen molar-refractivity contribution in [2.45, 2.75) is 19.8 Å². The van der Waals surface area contributed by atoms with E-state index < -0.39 is 17.9 Å². The second-order valence-electron chi connectivity index (χ2n) is 6.04. The number of allylic oxidation sites excluding steroid dienone is 1. The SMILES string of the molecule is CCOC(=O)C1=C(COCC=NO)NC(C)=C(C(=O)OC)C1c1ccccc1Cl. The third-order valence-corrected chi connectivity index (χ3v) is 4.63. The minimum atomic E-state index is -0.804. The molecule has 0 aliphatic carbocycles. The van der Waals surface area contributed by atoms with E-state index in [-0.39, 0.29) is 31.0 Å². The summed E-state index contributed by atoms with van der Waals surface area (Å²) in [4.78, 5) is 25.5. The molecule has 2 rings (SSSR count). The Labute approximate surface area is 173 Å². The molecule has 0 amide bonds. The second-order valence-corrected chi connectivity index (χ2v) is 6.44. The number of nitrogens with one attached hydrogen (secondary N) is 1. The van der Waals surface area contributed by atoms with Gasteiger partial charge in [-0.05, 0) is 25.5 Å². The van der Waals surface area contributed by atoms with Gasteiger partial charge < -0.3 is 24.7 Å². The number of methoxy groups -OCH3 is 1. The fourth-order valence-corrected chi connectivity index (χ4v) is 3.35. The molecule has 0 saturated carbocycles. The summed E-state index contributed by atoms with van der Waals surface area (Å²) in [6, 6.07) is 6.95. The van der Waals surface area contributed by atoms with E-state index in [1.54, 1.807) is 38.1 Å². The number of esters is 2. The van der Waals surface area contributed by atoms with Crippen LogP contribution < -0.4 is 5.32 Å². The number of rotatable bonds is 8. The largest absolute Gasteiger partial charge is 0.466 e. The first kappa shape index (κ1) is 22.4. The fourth-order valence-electron chi connectivity index (χ4n) is 3.11. The molecule has 0 saturated heterocycles. The number of ether oxygens (including phenoxy) is 3. The molecule has 1 aliphatic rings. The fraction of sp³-hybridized carbons (Fsp3) is 0.350. The predicted molar refractivity (Wildman–Crippen MR) is 107 cm³/mol. The molecular weight excluding hydrogens is 400 g/mol. The van der Waals surface area contributed by atoms with Crippen LogP contribution >= 0.6 is 11.6 Å². The van der Waals surface area contributed by atoms with E-state index in [1.165, 1.54) is 13.3 Å². The van der Waals surface area contributed by atoms with Crippen molar-refractivity contribution in [3.8, 4) is 0 Å². The van der Waals surface area contributed by atoms with Crippen molar-refractivity contribution in [3.63, 3.8) is 0 Å². The van der Waals surface area contributed by atoms with Gasteiger partial charge in [0.1, 0.15) is 0 Å². The minimum Gasteiger partial charge on any atom is -0.466 e. The molecule has 8 nitrogen and oxygen atoms in total. The molecule has 1 unspecified atom stereocenters. The molecule has 1 heterocycles. The number of hydrogen-bond donors (Lipinski definition) is 2. The van der Waals surface area contributed by atoms with Crippen LogP contribution in [0.4, 0.5) is 0 Å². The van der Waals surface area contributed by atoms with Crippen LogP contribution in [0.15, 0.2) is 52.0 Å². The number of nitrogens with zero attached hydrogens (tertiary/aromatic N) is 1. The molecule has 1 aromatic rings. The highest BCUT2D eigenvalue weighted by atomic mass is 35.5. The molecule has 0 aromatic heterocycles. The highest BCUT2D eigenvalue weighted by molar-refractivity contribution is 6.31. The van der Waals surface area contributed by atoms with Gasteiger partial charge in [0, 0.05) is 10.7 Å². The molecule has 0 bridgehead atoms. The number of oxime groups is 1. The van der Waals surface area contributed by atoms with Crippen molar-refractivity contribution in [2.24, 2.45) is 5.16 Å². The topological polar surface area (TPSA) is 106 Å². The van der Waals surface area contributed by atoms with E-state index >= 15 is 0 Å². The molecule has 0 fully saturated rings. The number of halogens is 1. The molecule has 1 aromatic carbocycles. The zero-order valence-corrected chi connectivity index (χ0v) is 17.2. The summed E-state index contributed by atoms with van der Waals surface area (Å²) >= 11 is 6.41. The third-order valence-electron chi connectivity index (χ3n) is 4.28. The van der Waals surface area contributed by atoms with Gasteiger partial charge in [0.25, 0.3) is 0 Å². The van der Waals surface area contributed by atoms with Crippen molar-refractivity contribution in [3.05, 3.63) is 57.4 Å². The van der Waals surface area contributed by atoms with Gasteiger partial charge in [-0.3, -0.25) is 0 Å². The zero-order chi connectivity index (χ0) is 21.4. The van der Waals surface area contributed by atoms with Crippen molar-refractivity contribution in [1.29, 1.82) is 0 Å². The Morgan fingerprint density at radius 3 is 2.62 bits per heavy atom. The average Bonchev–Trinajstić information content (AvgIpc) is 2.70. The van der Waals surface area contributed by atoms with Gasteiger partial charge in [-0.2, -0.15) is 0 Å². The van der Waals surface area contributed by atoms with E-state index in [4.69, 9.17) is 31.0 Å². The van der Waals surface area contributed by atoms with E-state index in [0.717, 1.165) is 0 Å². The Balaban J connectivity index is 2.65. The normalized spacial score (nSPS) is 16.8. The average molecular weight is 423 g/mol. The Bertz CT molecular complexity index is 862. The summed E-state index contributed by atoms with van der Waals surface area (Å²) in [5.74, 6) is -2.00. The van der Waals surface area contributed by atoms with Crippen LogP contribution in [-0.2, 0) is 23.8 Å². The summed E-state index contributed by atoms with van der Waals surface area (Å²) in [7, 11) is 1.27. The maximum Gasteiger partial charge on any atom is 0.336 e. The second kappa shape index (κ2) is 10.6. The third kappa shape index (κ3) is 5.16. The monoisotopic (exact) mass is 422 g/mol. The molecule has 29 heavy (non-hydrogen) atoms. The van der Waals surface area contributed by atoms with Crippen molar-refractivity contribution in [2.75, 3.05) is 26.9 Å². The lowest BCUT2D eigenvalue weighted by Crippen LogP contribution is -2.34. The lowest BCUT2D eigenvalue weighted by atomic mass is 9.80. The molecule has 0 radical (unpaired) electrons. The van der Waals surface area contributed by atoms with Crippen LogP contribution in [0.25, 0.3) is 0 Å². The summed E-state index contributed by atoms with van der Waals surface area (Å²) < 4.78 is 15.7. The van der Waals surface area contributed by atoms with E-state index in [2.05, 4.69) is 10.5 Å². The highest BCUT2D eigenvalue weighted by Crippen LogP contribution is 2.41. The van der Waals surface area contributed by atoms with Gasteiger partial charge in [-0.1, -0.05) is 35.0 Å². The van der Waals surface area contributed by atoms with Gasteiger partial charge in [-0.25, -0.2) is 9.59 Å². The quantitative estimate of drug-likeness (QED) is 0.218. The van der Waals surface area contributed by atoms with Crippen LogP contribution in [0.3, 0.4) is 0 Å². The molecule has 0 spiro atoms. The van der Waals surface area contributed by atoms with Crippen molar-refractivity contribution >= 4 is 29.8 Å². The Morgan fingerprint density at radius 2 is 2.00 bits per heavy atom. The van der Waals surface area contributed by atoms with Gasteiger partial charge in [0.2, 0.25) is 0 Å². The standard InChI is InChI=1S/C20H23ClN2O6/c1-4-29-20(25)18-15(11-28-10-9-22-26)23-12(2)16(19(24)27-3)17(18)13-7-5-6-8-14(13)21/h5-9,17,23,26H,4,10-11H2,1-3H3. The maximum absolute atomic E-state index is 12.9. The molecule has 1 aliphatic heterocycles. The summed E-state index contributed by atoms with van der Waals surface area (Å²) in [6.45, 7) is 3.57. The van der Waals surface area contributed by atoms with Crippen LogP contribution in [-0.4, -0.2) is 50.3 Å². The number of hydrogen-bond acceptors (Lipinski definition) is 8. The summed E-state index contributed by atoms with van der Waals surface area (Å²) in [5.41, 5.74) is 1.94. The summed E-state index contributed by atoms with van der Waals surface area (Å²) in [5, 5.41) is 14.8. The molecule has 9 heteroatoms. The van der Waals surface area contributed by atoms with E-state index in [1.807, 2.05) is 0 Å². The predicted octanol–water partition coefficient (Wildman–Crippen LogP) is 2.77. The van der Waals surface area contributed by atoms with E-state index in [9.17, 15) is 9.59 Å². The Morgan fingerprint density at radius 1 is 1.28 bits per heavy atom. The lowest BCUT2D eigenvalue weighted by molar-refractivity contribution is -0.139. The minimum absolute atomic E-state index is 0.00703.